The van der Waals surface area contributed by atoms with Crippen molar-refractivity contribution in [2.45, 2.75) is 222 Å². The molecule has 0 fully saturated rings. The van der Waals surface area contributed by atoms with E-state index in [1.807, 2.05) is 0 Å². The lowest BCUT2D eigenvalue weighted by Crippen LogP contribution is -2.16. The number of nitrogens with zero attached hydrogens (tertiary/aromatic N) is 4. The van der Waals surface area contributed by atoms with E-state index in [9.17, 15) is 0 Å². The number of aryl methyl sites for hydroxylation is 3. The van der Waals surface area contributed by atoms with Crippen LogP contribution in [0.2, 0.25) is 0 Å². The Morgan fingerprint density at radius 1 is 0.275 bits per heavy atom. The first-order valence-electron chi connectivity index (χ1n) is 38.1. The van der Waals surface area contributed by atoms with Crippen molar-refractivity contribution < 1.29 is 0 Å². The van der Waals surface area contributed by atoms with Crippen LogP contribution in [0, 0.1) is 11.8 Å². The molecule has 0 amide bonds. The Labute approximate surface area is 607 Å². The molecule has 16 bridgehead atoms. The smallest absolute Gasteiger partial charge is 0.0815 e. The van der Waals surface area contributed by atoms with Crippen LogP contribution in [0.4, 0.5) is 0 Å². The number of hydrogen-bond acceptors (Lipinski definition) is 4. The molecule has 0 atom stereocenters. The Hall–Kier alpha value is -9.58. The van der Waals surface area contributed by atoms with Crippen LogP contribution in [-0.2, 0) is 40.9 Å². The molecule has 0 radical (unpaired) electrons. The van der Waals surface area contributed by atoms with Crippen molar-refractivity contribution in [1.29, 1.82) is 0 Å². The predicted molar refractivity (Wildman–Crippen MR) is 438 cm³/mol. The molecule has 0 saturated carbocycles. The summed E-state index contributed by atoms with van der Waals surface area (Å²) < 4.78 is 0. The van der Waals surface area contributed by atoms with Gasteiger partial charge in [-0.3, -0.25) is 0 Å². The number of nitrogens with one attached hydrogen (secondary N) is 4. The van der Waals surface area contributed by atoms with Gasteiger partial charge in [-0.1, -0.05) is 240 Å². The van der Waals surface area contributed by atoms with Crippen LogP contribution in [0.15, 0.2) is 115 Å². The van der Waals surface area contributed by atoms with Gasteiger partial charge in [0, 0.05) is 66.5 Å². The number of aromatic nitrogens is 8. The fourth-order valence-electron chi connectivity index (χ4n) is 14.7. The van der Waals surface area contributed by atoms with Crippen molar-refractivity contribution >= 4 is 92.7 Å². The molecule has 4 aliphatic rings. The number of H-pyrrole nitrogens is 4. The Morgan fingerprint density at radius 3 is 0.912 bits per heavy atom. The fraction of sp³-hybridized carbons (Fsp3) is 0.362. The quantitative estimate of drug-likeness (QED) is 0.0506. The molecule has 13 rings (SSSR count). The number of aromatic amines is 4. The van der Waals surface area contributed by atoms with Crippen molar-refractivity contribution in [3.63, 3.8) is 0 Å². The number of benzene rings is 3. The maximum Gasteiger partial charge on any atom is 0.0815 e. The molecule has 4 aliphatic heterocycles. The summed E-state index contributed by atoms with van der Waals surface area (Å²) in [6.45, 7) is 34.6. The van der Waals surface area contributed by atoms with Crippen LogP contribution in [0.1, 0.15) is 277 Å². The highest BCUT2D eigenvalue weighted by Gasteiger charge is 2.27. The minimum atomic E-state index is -0.136. The second kappa shape index (κ2) is 29.4. The highest BCUT2D eigenvalue weighted by molar-refractivity contribution is 5.99. The highest BCUT2D eigenvalue weighted by atomic mass is 14.8. The monoisotopic (exact) mass is 1350 g/mol. The van der Waals surface area contributed by atoms with Crippen LogP contribution in [0.3, 0.4) is 0 Å². The molecule has 0 aliphatic carbocycles. The molecule has 522 valence electrons. The van der Waals surface area contributed by atoms with Crippen molar-refractivity contribution in [2.24, 2.45) is 0 Å². The van der Waals surface area contributed by atoms with E-state index in [2.05, 4.69) is 300 Å². The van der Waals surface area contributed by atoms with E-state index in [1.54, 1.807) is 0 Å². The molecule has 3 aromatic carbocycles. The van der Waals surface area contributed by atoms with E-state index in [0.717, 1.165) is 186 Å². The molecule has 8 nitrogen and oxygen atoms in total. The summed E-state index contributed by atoms with van der Waals surface area (Å²) >= 11 is 0. The van der Waals surface area contributed by atoms with Gasteiger partial charge in [-0.25, -0.2) is 19.9 Å². The predicted octanol–water partition coefficient (Wildman–Crippen LogP) is 25.6. The summed E-state index contributed by atoms with van der Waals surface area (Å²) in [6.07, 6.45) is 34.4. The normalized spacial score (nSPS) is 13.0. The van der Waals surface area contributed by atoms with E-state index >= 15 is 0 Å². The van der Waals surface area contributed by atoms with Crippen LogP contribution in [0.25, 0.3) is 126 Å². The third-order valence-electron chi connectivity index (χ3n) is 21.0. The highest BCUT2D eigenvalue weighted by Crippen LogP contribution is 2.42. The van der Waals surface area contributed by atoms with Gasteiger partial charge in [-0.05, 0) is 196 Å². The summed E-state index contributed by atoms with van der Waals surface area (Å²) in [5, 5.41) is 0. The second-order valence-corrected chi connectivity index (χ2v) is 33.0. The molecular formula is C94H106N8. The molecular weight excluding hydrogens is 1240 g/mol. The Morgan fingerprint density at radius 2 is 0.549 bits per heavy atom. The number of rotatable bonds is 18. The molecule has 0 unspecified atom stereocenters. The molecule has 6 aromatic heterocycles. The molecule has 102 heavy (non-hydrogen) atoms. The SMILES string of the molecule is CCCCCCc1c2nc(c(CCCCCC)c3ccc([nH]3)c(CCCCCC)c3nc(c(C#Cc4c5nc(c(-c6cc(C(C)(C)C)cc(C(C)(C)C)c6)c6ccc([nH]6)c(-c6ccccc6)c6nc(c(-c7cc(C(C)(C)C)cc(C(C)(C)C)c7)c7ccc4[nH]7)C=C6)C=C5)c4ccc1[nH]4)C=C3)C=C2. The lowest BCUT2D eigenvalue weighted by atomic mass is 9.78. The van der Waals surface area contributed by atoms with E-state index in [0.29, 0.717) is 0 Å². The zero-order chi connectivity index (χ0) is 71.7. The van der Waals surface area contributed by atoms with Crippen molar-refractivity contribution in [1.82, 2.24) is 39.9 Å². The standard InChI is InChI=1S/C94H106N8/c1-16-19-22-28-33-67-72-38-40-74(95-72)68(34-29-23-20-17-2)76-42-44-78(97-76)70(79-45-43-77(98-79)69(35-30-24-21-18-3)75-41-39-73(67)96-75)36-37-71-80-46-48-84(99-80)89(61-54-63(91(4,5)6)58-64(55-61)92(7,8)9)86-52-50-82(101-86)88(60-31-26-25-27-32-60)83-51-53-87(102-83)90(85-49-47-81(71)100-85)62-56-65(93(10,11)12)59-66(57-62)94(13,14)15/h25-27,31-32,38-59,95,98-99,102H,16-24,28-30,33-35H2,1-15H3. The average molecular weight is 1350 g/mol. The van der Waals surface area contributed by atoms with Gasteiger partial charge in [0.25, 0.3) is 0 Å². The lowest BCUT2D eigenvalue weighted by Gasteiger charge is -2.26. The van der Waals surface area contributed by atoms with Gasteiger partial charge in [0.05, 0.1) is 67.7 Å². The van der Waals surface area contributed by atoms with Gasteiger partial charge in [-0.15, -0.1) is 0 Å². The van der Waals surface area contributed by atoms with Gasteiger partial charge in [-0.2, -0.15) is 0 Å². The van der Waals surface area contributed by atoms with E-state index in [4.69, 9.17) is 19.9 Å². The zero-order valence-corrected chi connectivity index (χ0v) is 63.5. The Balaban J connectivity index is 1.15. The first-order chi connectivity index (χ1) is 48.9. The maximum absolute atomic E-state index is 5.84. The first kappa shape index (κ1) is 70.8. The third kappa shape index (κ3) is 15.3. The van der Waals surface area contributed by atoms with Crippen molar-refractivity contribution in [3.05, 3.63) is 211 Å². The summed E-state index contributed by atoms with van der Waals surface area (Å²) in [7, 11) is 0. The van der Waals surface area contributed by atoms with Gasteiger partial charge in [0.1, 0.15) is 0 Å². The second-order valence-electron chi connectivity index (χ2n) is 33.0. The van der Waals surface area contributed by atoms with Gasteiger partial charge in [0.15, 0.2) is 0 Å². The van der Waals surface area contributed by atoms with E-state index in [-0.39, 0.29) is 21.7 Å². The Bertz CT molecular complexity index is 5070. The van der Waals surface area contributed by atoms with E-state index < -0.39 is 0 Å². The fourth-order valence-corrected chi connectivity index (χ4v) is 14.7. The minimum absolute atomic E-state index is 0.136. The van der Waals surface area contributed by atoms with Crippen LogP contribution < -0.4 is 0 Å². The van der Waals surface area contributed by atoms with Crippen LogP contribution >= 0.6 is 0 Å². The minimum Gasteiger partial charge on any atom is -0.355 e. The molecule has 0 spiro atoms. The zero-order valence-electron chi connectivity index (χ0n) is 63.5. The van der Waals surface area contributed by atoms with Gasteiger partial charge < -0.3 is 19.9 Å². The van der Waals surface area contributed by atoms with Crippen LogP contribution in [-0.4, -0.2) is 39.9 Å². The van der Waals surface area contributed by atoms with Gasteiger partial charge >= 0.3 is 0 Å². The summed E-state index contributed by atoms with van der Waals surface area (Å²) in [6, 6.07) is 43.0. The molecule has 4 N–H and O–H groups in total. The lowest BCUT2D eigenvalue weighted by molar-refractivity contribution is 0.568. The summed E-state index contributed by atoms with van der Waals surface area (Å²) in [5.41, 5.74) is 31.2. The summed E-state index contributed by atoms with van der Waals surface area (Å²) in [5.74, 6) is 7.85. The summed E-state index contributed by atoms with van der Waals surface area (Å²) in [4.78, 5) is 39.1. The van der Waals surface area contributed by atoms with E-state index in [1.165, 1.54) is 83.9 Å². The molecule has 8 heteroatoms. The third-order valence-corrected chi connectivity index (χ3v) is 21.0. The molecule has 0 saturated heterocycles. The average Bonchev–Trinajstić information content (AvgIpc) is 1.59. The molecule has 10 heterocycles. The topological polar surface area (TPSA) is 115 Å². The largest absolute Gasteiger partial charge is 0.355 e. The van der Waals surface area contributed by atoms with Gasteiger partial charge in [0.2, 0.25) is 0 Å². The number of hydrogen-bond donors (Lipinski definition) is 4. The van der Waals surface area contributed by atoms with Crippen LogP contribution in [0.5, 0.6) is 0 Å². The maximum atomic E-state index is 5.84. The Kier molecular flexibility index (Phi) is 20.4. The number of fused-ring (bicyclic) bond motifs is 16. The van der Waals surface area contributed by atoms with Crippen molar-refractivity contribution in [2.75, 3.05) is 0 Å². The molecule has 9 aromatic rings. The van der Waals surface area contributed by atoms with Crippen molar-refractivity contribution in [3.8, 4) is 45.2 Å². The number of unbranched alkanes of at least 4 members (excludes halogenated alkanes) is 9. The first-order valence-corrected chi connectivity index (χ1v) is 38.1.